The molecule has 0 saturated heterocycles. The fourth-order valence-electron chi connectivity index (χ4n) is 4.13. The normalized spacial score (nSPS) is 14.9. The predicted molar refractivity (Wildman–Crippen MR) is 139 cm³/mol. The fraction of sp³-hybridized carbons (Fsp3) is 0.296. The Labute approximate surface area is 218 Å². The number of hydrogen-bond donors (Lipinski definition) is 0. The highest BCUT2D eigenvalue weighted by Gasteiger charge is 2.35. The Bertz CT molecular complexity index is 1260. The summed E-state index contributed by atoms with van der Waals surface area (Å²) in [7, 11) is 4.66. The zero-order chi connectivity index (χ0) is 26.4. The molecule has 2 amide bonds. The van der Waals surface area contributed by atoms with Crippen LogP contribution in [0.1, 0.15) is 33.3 Å². The van der Waals surface area contributed by atoms with Gasteiger partial charge in [-0.15, -0.1) is 11.3 Å². The van der Waals surface area contributed by atoms with Crippen molar-refractivity contribution in [2.75, 3.05) is 41.0 Å². The first-order valence-corrected chi connectivity index (χ1v) is 12.5. The summed E-state index contributed by atoms with van der Waals surface area (Å²) in [6, 6.07) is 14.4. The molecule has 0 fully saturated rings. The lowest BCUT2D eigenvalue weighted by Gasteiger charge is -2.26. The molecule has 0 radical (unpaired) electrons. The Hall–Kier alpha value is -3.76. The van der Waals surface area contributed by atoms with Gasteiger partial charge in [-0.05, 0) is 41.3 Å². The third-order valence-corrected chi connectivity index (χ3v) is 6.91. The van der Waals surface area contributed by atoms with E-state index in [1.54, 1.807) is 57.7 Å². The highest BCUT2D eigenvalue weighted by atomic mass is 32.1. The maximum absolute atomic E-state index is 13.7. The minimum Gasteiger partial charge on any atom is -0.497 e. The van der Waals surface area contributed by atoms with Gasteiger partial charge in [0.1, 0.15) is 23.9 Å². The van der Waals surface area contributed by atoms with E-state index >= 15 is 0 Å². The summed E-state index contributed by atoms with van der Waals surface area (Å²) in [6.07, 6.45) is 0.386. The van der Waals surface area contributed by atoms with Gasteiger partial charge in [-0.25, -0.2) is 9.40 Å². The summed E-state index contributed by atoms with van der Waals surface area (Å²) in [4.78, 5) is 28.7. The van der Waals surface area contributed by atoms with Gasteiger partial charge in [0, 0.05) is 31.7 Å². The van der Waals surface area contributed by atoms with Crippen LogP contribution in [-0.2, 0) is 9.53 Å². The summed E-state index contributed by atoms with van der Waals surface area (Å²) < 4.78 is 29.7. The standard InChI is InChI=1S/C27H28FN3O5S/c1-34-13-12-30(27(33)25-5-4-14-37-25)17-26(32)31-23(18-6-8-19(28)9-7-18)16-22(29-31)21-11-10-20(35-2)15-24(21)36-3/h4-11,14-15,23H,12-13,16-17H2,1-3H3. The van der Waals surface area contributed by atoms with Crippen molar-refractivity contribution in [3.05, 3.63) is 81.8 Å². The number of carbonyl (C=O) groups is 2. The van der Waals surface area contributed by atoms with Gasteiger partial charge in [-0.2, -0.15) is 5.10 Å². The summed E-state index contributed by atoms with van der Waals surface area (Å²) >= 11 is 1.31. The van der Waals surface area contributed by atoms with Gasteiger partial charge in [0.15, 0.2) is 0 Å². The number of halogens is 1. The number of nitrogens with zero attached hydrogens (tertiary/aromatic N) is 3. The van der Waals surface area contributed by atoms with Crippen LogP contribution in [0.4, 0.5) is 4.39 Å². The predicted octanol–water partition coefficient (Wildman–Crippen LogP) is 4.37. The molecular weight excluding hydrogens is 497 g/mol. The zero-order valence-corrected chi connectivity index (χ0v) is 21.7. The first-order valence-electron chi connectivity index (χ1n) is 11.6. The summed E-state index contributed by atoms with van der Waals surface area (Å²) in [6.45, 7) is 0.342. The SMILES string of the molecule is COCCN(CC(=O)N1N=C(c2ccc(OC)cc2OC)CC1c1ccc(F)cc1)C(=O)c1cccs1. The Kier molecular flexibility index (Phi) is 8.52. The molecule has 1 atom stereocenters. The Morgan fingerprint density at radius 3 is 2.54 bits per heavy atom. The number of hydrazone groups is 1. The van der Waals surface area contributed by atoms with Gasteiger partial charge in [0.05, 0.1) is 37.5 Å². The molecule has 0 aliphatic carbocycles. The van der Waals surface area contributed by atoms with E-state index in [-0.39, 0.29) is 37.3 Å². The molecule has 1 unspecified atom stereocenters. The minimum atomic E-state index is -0.476. The lowest BCUT2D eigenvalue weighted by Crippen LogP contribution is -2.42. The summed E-state index contributed by atoms with van der Waals surface area (Å²) in [5.41, 5.74) is 2.08. The van der Waals surface area contributed by atoms with Gasteiger partial charge in [-0.3, -0.25) is 9.59 Å². The average molecular weight is 526 g/mol. The second-order valence-electron chi connectivity index (χ2n) is 8.32. The molecule has 37 heavy (non-hydrogen) atoms. The fourth-order valence-corrected chi connectivity index (χ4v) is 4.82. The highest BCUT2D eigenvalue weighted by Crippen LogP contribution is 2.36. The quantitative estimate of drug-likeness (QED) is 0.393. The molecule has 3 aromatic rings. The number of methoxy groups -OCH3 is 3. The average Bonchev–Trinajstić information content (AvgIpc) is 3.61. The third-order valence-electron chi connectivity index (χ3n) is 6.05. The van der Waals surface area contributed by atoms with Crippen molar-refractivity contribution in [2.24, 2.45) is 5.10 Å². The lowest BCUT2D eigenvalue weighted by molar-refractivity contribution is -0.133. The zero-order valence-electron chi connectivity index (χ0n) is 20.8. The number of benzene rings is 2. The van der Waals surface area contributed by atoms with Gasteiger partial charge in [0.25, 0.3) is 11.8 Å². The Morgan fingerprint density at radius 2 is 1.89 bits per heavy atom. The van der Waals surface area contributed by atoms with Crippen LogP contribution in [0.25, 0.3) is 0 Å². The van der Waals surface area contributed by atoms with Crippen molar-refractivity contribution in [3.8, 4) is 11.5 Å². The number of hydrogen-bond acceptors (Lipinski definition) is 7. The first kappa shape index (κ1) is 26.3. The van der Waals surface area contributed by atoms with Gasteiger partial charge < -0.3 is 19.1 Å². The van der Waals surface area contributed by atoms with E-state index in [9.17, 15) is 14.0 Å². The van der Waals surface area contributed by atoms with Crippen LogP contribution in [0.3, 0.4) is 0 Å². The van der Waals surface area contributed by atoms with E-state index in [0.717, 1.165) is 11.1 Å². The smallest absolute Gasteiger partial charge is 0.264 e. The maximum atomic E-state index is 13.7. The monoisotopic (exact) mass is 525 g/mol. The van der Waals surface area contributed by atoms with Crippen LogP contribution >= 0.6 is 11.3 Å². The topological polar surface area (TPSA) is 80.7 Å². The summed E-state index contributed by atoms with van der Waals surface area (Å²) in [5, 5.41) is 7.87. The molecule has 0 bridgehead atoms. The molecule has 1 aromatic heterocycles. The van der Waals surface area contributed by atoms with Crippen LogP contribution in [0.2, 0.25) is 0 Å². The van der Waals surface area contributed by atoms with Crippen molar-refractivity contribution in [1.82, 2.24) is 9.91 Å². The van der Waals surface area contributed by atoms with E-state index in [1.807, 2.05) is 11.4 Å². The number of thiophene rings is 1. The van der Waals surface area contributed by atoms with E-state index in [0.29, 0.717) is 28.5 Å². The lowest BCUT2D eigenvalue weighted by atomic mass is 9.97. The number of rotatable bonds is 10. The first-order chi connectivity index (χ1) is 17.9. The van der Waals surface area contributed by atoms with E-state index in [2.05, 4.69) is 5.10 Å². The molecule has 10 heteroatoms. The van der Waals surface area contributed by atoms with E-state index in [1.165, 1.54) is 33.4 Å². The molecule has 194 valence electrons. The molecule has 0 N–H and O–H groups in total. The second kappa shape index (κ2) is 12.0. The Balaban J connectivity index is 1.66. The second-order valence-corrected chi connectivity index (χ2v) is 9.27. The molecule has 0 saturated carbocycles. The van der Waals surface area contributed by atoms with Crippen molar-refractivity contribution in [2.45, 2.75) is 12.5 Å². The van der Waals surface area contributed by atoms with Crippen LogP contribution in [0.5, 0.6) is 11.5 Å². The van der Waals surface area contributed by atoms with Crippen molar-refractivity contribution < 1.29 is 28.2 Å². The molecule has 1 aliphatic heterocycles. The molecule has 8 nitrogen and oxygen atoms in total. The summed E-state index contributed by atoms with van der Waals surface area (Å²) in [5.74, 6) is 0.199. The molecule has 1 aliphatic rings. The van der Waals surface area contributed by atoms with E-state index in [4.69, 9.17) is 14.2 Å². The molecule has 2 heterocycles. The number of amides is 2. The van der Waals surface area contributed by atoms with Crippen molar-refractivity contribution in [1.29, 1.82) is 0 Å². The third kappa shape index (κ3) is 5.98. The molecule has 0 spiro atoms. The Morgan fingerprint density at radius 1 is 1.11 bits per heavy atom. The van der Waals surface area contributed by atoms with Crippen LogP contribution in [-0.4, -0.2) is 68.5 Å². The van der Waals surface area contributed by atoms with Gasteiger partial charge >= 0.3 is 0 Å². The van der Waals surface area contributed by atoms with Crippen LogP contribution in [0.15, 0.2) is 65.1 Å². The van der Waals surface area contributed by atoms with Crippen LogP contribution in [0, 0.1) is 5.82 Å². The molecule has 4 rings (SSSR count). The number of carbonyl (C=O) groups excluding carboxylic acids is 2. The van der Waals surface area contributed by atoms with Gasteiger partial charge in [-0.1, -0.05) is 18.2 Å². The van der Waals surface area contributed by atoms with Gasteiger partial charge in [0.2, 0.25) is 0 Å². The maximum Gasteiger partial charge on any atom is 0.264 e. The number of ether oxygens (including phenoxy) is 3. The largest absolute Gasteiger partial charge is 0.497 e. The van der Waals surface area contributed by atoms with Crippen LogP contribution < -0.4 is 9.47 Å². The van der Waals surface area contributed by atoms with Crippen molar-refractivity contribution >= 4 is 28.9 Å². The highest BCUT2D eigenvalue weighted by molar-refractivity contribution is 7.12. The van der Waals surface area contributed by atoms with Crippen molar-refractivity contribution in [3.63, 3.8) is 0 Å². The van der Waals surface area contributed by atoms with E-state index < -0.39 is 6.04 Å². The molecular formula is C27H28FN3O5S. The molecule has 2 aromatic carbocycles. The minimum absolute atomic E-state index is 0.186.